The van der Waals surface area contributed by atoms with Crippen molar-refractivity contribution in [3.63, 3.8) is 0 Å². The lowest BCUT2D eigenvalue weighted by atomic mass is 9.99. The average Bonchev–Trinajstić information content (AvgIpc) is 2.32. The van der Waals surface area contributed by atoms with E-state index in [2.05, 4.69) is 9.97 Å². The summed E-state index contributed by atoms with van der Waals surface area (Å²) in [5.41, 5.74) is 9.21. The van der Waals surface area contributed by atoms with Crippen LogP contribution in [0.1, 0.15) is 22.9 Å². The van der Waals surface area contributed by atoms with Gasteiger partial charge in [-0.25, -0.2) is 0 Å². The lowest BCUT2D eigenvalue weighted by Gasteiger charge is -2.14. The third kappa shape index (κ3) is 2.81. The van der Waals surface area contributed by atoms with Gasteiger partial charge in [-0.2, -0.15) is 0 Å². The molecular formula is C13H14ClN3. The first-order chi connectivity index (χ1) is 8.18. The number of aromatic nitrogens is 2. The molecule has 0 fully saturated rings. The van der Waals surface area contributed by atoms with Gasteiger partial charge in [0.15, 0.2) is 0 Å². The highest BCUT2D eigenvalue weighted by atomic mass is 35.5. The van der Waals surface area contributed by atoms with E-state index in [1.807, 2.05) is 25.1 Å². The molecule has 0 radical (unpaired) electrons. The van der Waals surface area contributed by atoms with Gasteiger partial charge in [-0.1, -0.05) is 17.7 Å². The average molecular weight is 248 g/mol. The Hall–Kier alpha value is -1.45. The van der Waals surface area contributed by atoms with Crippen LogP contribution >= 0.6 is 11.6 Å². The monoisotopic (exact) mass is 247 g/mol. The SMILES string of the molecule is Cc1ncccc1C(N)Cc1ccncc1Cl. The highest BCUT2D eigenvalue weighted by Gasteiger charge is 2.11. The van der Waals surface area contributed by atoms with Gasteiger partial charge in [-0.3, -0.25) is 9.97 Å². The standard InChI is InChI=1S/C13H14ClN3/c1-9-11(3-2-5-17-9)13(15)7-10-4-6-16-8-12(10)14/h2-6,8,13H,7,15H2,1H3. The molecule has 2 aromatic heterocycles. The van der Waals surface area contributed by atoms with E-state index in [4.69, 9.17) is 17.3 Å². The van der Waals surface area contributed by atoms with Crippen molar-refractivity contribution in [3.8, 4) is 0 Å². The van der Waals surface area contributed by atoms with E-state index in [0.717, 1.165) is 16.8 Å². The molecule has 0 bridgehead atoms. The quantitative estimate of drug-likeness (QED) is 0.907. The summed E-state index contributed by atoms with van der Waals surface area (Å²) in [5, 5.41) is 0.657. The van der Waals surface area contributed by atoms with Crippen LogP contribution in [0.4, 0.5) is 0 Å². The first kappa shape index (κ1) is 12.0. The highest BCUT2D eigenvalue weighted by molar-refractivity contribution is 6.31. The van der Waals surface area contributed by atoms with Crippen LogP contribution in [0.3, 0.4) is 0 Å². The van der Waals surface area contributed by atoms with Crippen LogP contribution in [0, 0.1) is 6.92 Å². The van der Waals surface area contributed by atoms with E-state index < -0.39 is 0 Å². The van der Waals surface area contributed by atoms with Gasteiger partial charge in [-0.05, 0) is 36.6 Å². The molecule has 4 heteroatoms. The molecule has 0 aliphatic rings. The molecular weight excluding hydrogens is 234 g/mol. The molecule has 0 saturated carbocycles. The Morgan fingerprint density at radius 2 is 2.18 bits per heavy atom. The molecule has 2 N–H and O–H groups in total. The summed E-state index contributed by atoms with van der Waals surface area (Å²) in [7, 11) is 0. The second-order valence-corrected chi connectivity index (χ2v) is 4.36. The van der Waals surface area contributed by atoms with Gasteiger partial charge in [0.25, 0.3) is 0 Å². The van der Waals surface area contributed by atoms with Crippen molar-refractivity contribution in [1.29, 1.82) is 0 Å². The molecule has 88 valence electrons. The second-order valence-electron chi connectivity index (χ2n) is 3.96. The molecule has 1 unspecified atom stereocenters. The number of aryl methyl sites for hydroxylation is 1. The van der Waals surface area contributed by atoms with Crippen molar-refractivity contribution in [3.05, 3.63) is 58.6 Å². The number of hydrogen-bond acceptors (Lipinski definition) is 3. The molecule has 0 saturated heterocycles. The number of rotatable bonds is 3. The van der Waals surface area contributed by atoms with Crippen molar-refractivity contribution in [2.75, 3.05) is 0 Å². The van der Waals surface area contributed by atoms with Gasteiger partial charge in [0.2, 0.25) is 0 Å². The predicted octanol–water partition coefficient (Wildman–Crippen LogP) is 2.68. The van der Waals surface area contributed by atoms with E-state index in [1.165, 1.54) is 0 Å². The molecule has 0 aromatic carbocycles. The van der Waals surface area contributed by atoms with Gasteiger partial charge in [0.05, 0.1) is 5.02 Å². The number of halogens is 1. The molecule has 0 aliphatic carbocycles. The molecule has 2 heterocycles. The first-order valence-corrected chi connectivity index (χ1v) is 5.81. The topological polar surface area (TPSA) is 51.8 Å². The van der Waals surface area contributed by atoms with Crippen molar-refractivity contribution >= 4 is 11.6 Å². The maximum Gasteiger partial charge on any atom is 0.0622 e. The van der Waals surface area contributed by atoms with E-state index in [1.54, 1.807) is 18.6 Å². The highest BCUT2D eigenvalue weighted by Crippen LogP contribution is 2.22. The molecule has 17 heavy (non-hydrogen) atoms. The number of nitrogens with zero attached hydrogens (tertiary/aromatic N) is 2. The van der Waals surface area contributed by atoms with Crippen LogP contribution in [-0.4, -0.2) is 9.97 Å². The third-order valence-corrected chi connectivity index (χ3v) is 3.08. The lowest BCUT2D eigenvalue weighted by Crippen LogP contribution is -2.15. The lowest BCUT2D eigenvalue weighted by molar-refractivity contribution is 0.710. The second kappa shape index (κ2) is 5.25. The largest absolute Gasteiger partial charge is 0.324 e. The Bertz CT molecular complexity index is 514. The number of nitrogens with two attached hydrogens (primary N) is 1. The van der Waals surface area contributed by atoms with Crippen LogP contribution in [0.25, 0.3) is 0 Å². The van der Waals surface area contributed by atoms with Gasteiger partial charge < -0.3 is 5.73 Å². The summed E-state index contributed by atoms with van der Waals surface area (Å²) < 4.78 is 0. The van der Waals surface area contributed by atoms with Crippen LogP contribution in [0.5, 0.6) is 0 Å². The number of pyridine rings is 2. The Labute approximate surface area is 106 Å². The summed E-state index contributed by atoms with van der Waals surface area (Å²) in [4.78, 5) is 8.20. The maximum absolute atomic E-state index is 6.18. The smallest absolute Gasteiger partial charge is 0.0622 e. The van der Waals surface area contributed by atoms with Crippen molar-refractivity contribution in [2.24, 2.45) is 5.73 Å². The number of hydrogen-bond donors (Lipinski definition) is 1. The van der Waals surface area contributed by atoms with Crippen LogP contribution < -0.4 is 5.73 Å². The van der Waals surface area contributed by atoms with Crippen LogP contribution in [0.2, 0.25) is 5.02 Å². The Morgan fingerprint density at radius 3 is 2.88 bits per heavy atom. The predicted molar refractivity (Wildman–Crippen MR) is 68.9 cm³/mol. The van der Waals surface area contributed by atoms with E-state index in [-0.39, 0.29) is 6.04 Å². The van der Waals surface area contributed by atoms with Crippen molar-refractivity contribution < 1.29 is 0 Å². The fourth-order valence-electron chi connectivity index (χ4n) is 1.81. The van der Waals surface area contributed by atoms with E-state index in [0.29, 0.717) is 11.4 Å². The molecule has 2 aromatic rings. The normalized spacial score (nSPS) is 12.4. The molecule has 0 aliphatic heterocycles. The fourth-order valence-corrected chi connectivity index (χ4v) is 2.00. The summed E-state index contributed by atoms with van der Waals surface area (Å²) >= 11 is 6.06. The molecule has 3 nitrogen and oxygen atoms in total. The maximum atomic E-state index is 6.18. The summed E-state index contributed by atoms with van der Waals surface area (Å²) in [6.45, 7) is 1.96. The Balaban J connectivity index is 2.20. The Kier molecular flexibility index (Phi) is 3.71. The van der Waals surface area contributed by atoms with Gasteiger partial charge in [0.1, 0.15) is 0 Å². The molecule has 2 rings (SSSR count). The van der Waals surface area contributed by atoms with Crippen molar-refractivity contribution in [2.45, 2.75) is 19.4 Å². The third-order valence-electron chi connectivity index (χ3n) is 2.74. The molecule has 0 spiro atoms. The van der Waals surface area contributed by atoms with Gasteiger partial charge in [0, 0.05) is 30.3 Å². The first-order valence-electron chi connectivity index (χ1n) is 5.44. The van der Waals surface area contributed by atoms with Gasteiger partial charge >= 0.3 is 0 Å². The minimum absolute atomic E-state index is 0.0939. The van der Waals surface area contributed by atoms with Gasteiger partial charge in [-0.15, -0.1) is 0 Å². The molecule has 0 amide bonds. The van der Waals surface area contributed by atoms with Crippen LogP contribution in [0.15, 0.2) is 36.8 Å². The van der Waals surface area contributed by atoms with E-state index in [9.17, 15) is 0 Å². The van der Waals surface area contributed by atoms with Crippen LogP contribution in [-0.2, 0) is 6.42 Å². The fraction of sp³-hybridized carbons (Fsp3) is 0.231. The zero-order valence-corrected chi connectivity index (χ0v) is 10.4. The Morgan fingerprint density at radius 1 is 1.35 bits per heavy atom. The minimum Gasteiger partial charge on any atom is -0.324 e. The zero-order valence-electron chi connectivity index (χ0n) is 9.60. The zero-order chi connectivity index (χ0) is 12.3. The minimum atomic E-state index is -0.0939. The summed E-state index contributed by atoms with van der Waals surface area (Å²) in [6, 6.07) is 5.70. The summed E-state index contributed by atoms with van der Waals surface area (Å²) in [6.07, 6.45) is 5.82. The van der Waals surface area contributed by atoms with Crippen molar-refractivity contribution in [1.82, 2.24) is 9.97 Å². The molecule has 1 atom stereocenters. The summed E-state index contributed by atoms with van der Waals surface area (Å²) in [5.74, 6) is 0. The van der Waals surface area contributed by atoms with E-state index >= 15 is 0 Å².